The molecule has 25 heavy (non-hydrogen) atoms. The lowest BCUT2D eigenvalue weighted by Crippen LogP contribution is -2.45. The molecular weight excluding hydrogens is 359 g/mol. The highest BCUT2D eigenvalue weighted by molar-refractivity contribution is 6.35. The third kappa shape index (κ3) is 2.80. The second kappa shape index (κ2) is 6.37. The van der Waals surface area contributed by atoms with Gasteiger partial charge < -0.3 is 9.72 Å². The van der Waals surface area contributed by atoms with Crippen LogP contribution in [0.3, 0.4) is 0 Å². The number of nitrogens with one attached hydrogen (secondary N) is 2. The van der Waals surface area contributed by atoms with E-state index in [0.717, 1.165) is 27.7 Å². The summed E-state index contributed by atoms with van der Waals surface area (Å²) < 4.78 is 4.96. The second-order valence-electron chi connectivity index (χ2n) is 6.11. The molecule has 0 bridgehead atoms. The van der Waals surface area contributed by atoms with Crippen LogP contribution in [0.2, 0.25) is 10.0 Å². The van der Waals surface area contributed by atoms with Gasteiger partial charge in [-0.1, -0.05) is 47.5 Å². The summed E-state index contributed by atoms with van der Waals surface area (Å²) in [6.45, 7) is 0. The van der Waals surface area contributed by atoms with Crippen LogP contribution in [0.15, 0.2) is 42.5 Å². The summed E-state index contributed by atoms with van der Waals surface area (Å²) >= 11 is 12.5. The van der Waals surface area contributed by atoms with Crippen molar-refractivity contribution in [3.63, 3.8) is 0 Å². The summed E-state index contributed by atoms with van der Waals surface area (Å²) in [4.78, 5) is 15.7. The molecular formula is C19H16Cl2N2O2. The van der Waals surface area contributed by atoms with Gasteiger partial charge in [-0.25, -0.2) is 0 Å². The number of esters is 1. The average Bonchev–Trinajstić information content (AvgIpc) is 2.99. The quantitative estimate of drug-likeness (QED) is 0.659. The van der Waals surface area contributed by atoms with Gasteiger partial charge in [0.2, 0.25) is 0 Å². The van der Waals surface area contributed by atoms with Crippen molar-refractivity contribution >= 4 is 40.1 Å². The Morgan fingerprint density at radius 1 is 1.20 bits per heavy atom. The summed E-state index contributed by atoms with van der Waals surface area (Å²) in [5.74, 6) is -0.286. The molecule has 2 atom stereocenters. The van der Waals surface area contributed by atoms with E-state index in [0.29, 0.717) is 16.5 Å². The number of aromatic amines is 1. The number of hydrogen-bond acceptors (Lipinski definition) is 3. The first kappa shape index (κ1) is 16.5. The highest BCUT2D eigenvalue weighted by Crippen LogP contribution is 2.38. The minimum absolute atomic E-state index is 0.245. The third-order valence-corrected chi connectivity index (χ3v) is 5.23. The van der Waals surface area contributed by atoms with E-state index in [4.69, 9.17) is 27.9 Å². The average molecular weight is 375 g/mol. The Labute approximate surface area is 155 Å². The summed E-state index contributed by atoms with van der Waals surface area (Å²) in [5, 5.41) is 5.61. The Bertz CT molecular complexity index is 967. The molecule has 1 aromatic heterocycles. The van der Waals surface area contributed by atoms with Gasteiger partial charge in [-0.15, -0.1) is 0 Å². The van der Waals surface area contributed by atoms with Crippen molar-refractivity contribution in [3.8, 4) is 0 Å². The molecule has 4 rings (SSSR count). The zero-order valence-corrected chi connectivity index (χ0v) is 15.0. The lowest BCUT2D eigenvalue weighted by Gasteiger charge is -2.30. The molecule has 0 fully saturated rings. The van der Waals surface area contributed by atoms with Crippen LogP contribution in [0, 0.1) is 0 Å². The van der Waals surface area contributed by atoms with Crippen LogP contribution in [0.5, 0.6) is 0 Å². The highest BCUT2D eigenvalue weighted by Gasteiger charge is 2.35. The summed E-state index contributed by atoms with van der Waals surface area (Å²) in [7, 11) is 1.40. The number of benzene rings is 2. The molecule has 2 aromatic carbocycles. The van der Waals surface area contributed by atoms with E-state index in [1.807, 2.05) is 24.3 Å². The number of ether oxygens (including phenoxy) is 1. The number of hydrogen-bond donors (Lipinski definition) is 2. The molecule has 0 spiro atoms. The number of carbonyl (C=O) groups excluding carboxylic acids is 1. The van der Waals surface area contributed by atoms with E-state index in [2.05, 4.69) is 16.4 Å². The van der Waals surface area contributed by atoms with Crippen molar-refractivity contribution in [1.29, 1.82) is 0 Å². The maximum atomic E-state index is 12.2. The zero-order chi connectivity index (χ0) is 17.6. The number of H-pyrrole nitrogens is 1. The van der Waals surface area contributed by atoms with Gasteiger partial charge in [-0.05, 0) is 29.3 Å². The lowest BCUT2D eigenvalue weighted by molar-refractivity contribution is -0.143. The molecule has 2 heterocycles. The lowest BCUT2D eigenvalue weighted by atomic mass is 9.90. The van der Waals surface area contributed by atoms with E-state index in [-0.39, 0.29) is 12.0 Å². The molecule has 128 valence electrons. The first-order chi connectivity index (χ1) is 12.1. The van der Waals surface area contributed by atoms with Crippen molar-refractivity contribution in [1.82, 2.24) is 10.3 Å². The van der Waals surface area contributed by atoms with Crippen molar-refractivity contribution in [2.24, 2.45) is 0 Å². The van der Waals surface area contributed by atoms with Crippen LogP contribution in [-0.4, -0.2) is 24.1 Å². The van der Waals surface area contributed by atoms with E-state index in [1.54, 1.807) is 12.1 Å². The van der Waals surface area contributed by atoms with Crippen LogP contribution in [0.25, 0.3) is 10.9 Å². The van der Waals surface area contributed by atoms with Crippen LogP contribution in [0.1, 0.15) is 22.9 Å². The number of halogens is 2. The van der Waals surface area contributed by atoms with Gasteiger partial charge in [0.15, 0.2) is 0 Å². The third-order valence-electron chi connectivity index (χ3n) is 4.67. The molecule has 4 nitrogen and oxygen atoms in total. The van der Waals surface area contributed by atoms with E-state index >= 15 is 0 Å². The van der Waals surface area contributed by atoms with Gasteiger partial charge in [0.25, 0.3) is 0 Å². The van der Waals surface area contributed by atoms with Gasteiger partial charge in [0.1, 0.15) is 6.04 Å². The van der Waals surface area contributed by atoms with Gasteiger partial charge in [-0.2, -0.15) is 0 Å². The Hall–Kier alpha value is -2.01. The smallest absolute Gasteiger partial charge is 0.323 e. The number of aromatic nitrogens is 1. The summed E-state index contributed by atoms with van der Waals surface area (Å²) in [6, 6.07) is 12.8. The van der Waals surface area contributed by atoms with E-state index in [9.17, 15) is 4.79 Å². The number of methoxy groups -OCH3 is 1. The van der Waals surface area contributed by atoms with E-state index in [1.165, 1.54) is 7.11 Å². The molecule has 0 unspecified atom stereocenters. The Balaban J connectivity index is 1.90. The van der Waals surface area contributed by atoms with E-state index < -0.39 is 6.04 Å². The number of carbonyl (C=O) groups is 1. The van der Waals surface area contributed by atoms with Crippen LogP contribution in [0.4, 0.5) is 0 Å². The predicted octanol–water partition coefficient (Wildman–Crippen LogP) is 4.25. The Morgan fingerprint density at radius 3 is 2.76 bits per heavy atom. The largest absolute Gasteiger partial charge is 0.468 e. The minimum Gasteiger partial charge on any atom is -0.468 e. The fourth-order valence-electron chi connectivity index (χ4n) is 3.51. The fourth-order valence-corrected chi connectivity index (χ4v) is 4.03. The minimum atomic E-state index is -0.437. The first-order valence-corrected chi connectivity index (χ1v) is 8.72. The van der Waals surface area contributed by atoms with Crippen molar-refractivity contribution in [2.75, 3.05) is 7.11 Å². The van der Waals surface area contributed by atoms with Crippen molar-refractivity contribution in [2.45, 2.75) is 18.5 Å². The molecule has 0 saturated carbocycles. The second-order valence-corrected chi connectivity index (χ2v) is 6.95. The summed E-state index contributed by atoms with van der Waals surface area (Å²) in [6.07, 6.45) is 0.563. The van der Waals surface area contributed by atoms with Gasteiger partial charge in [-0.3, -0.25) is 10.1 Å². The van der Waals surface area contributed by atoms with Gasteiger partial charge in [0.05, 0.1) is 13.2 Å². The monoisotopic (exact) mass is 374 g/mol. The first-order valence-electron chi connectivity index (χ1n) is 7.97. The van der Waals surface area contributed by atoms with Crippen LogP contribution >= 0.6 is 23.2 Å². The number of rotatable bonds is 2. The van der Waals surface area contributed by atoms with Gasteiger partial charge in [0, 0.05) is 33.1 Å². The van der Waals surface area contributed by atoms with Crippen molar-refractivity contribution in [3.05, 3.63) is 69.3 Å². The zero-order valence-electron chi connectivity index (χ0n) is 13.5. The maximum Gasteiger partial charge on any atom is 0.323 e. The summed E-state index contributed by atoms with van der Waals surface area (Å²) in [5.41, 5.74) is 4.04. The van der Waals surface area contributed by atoms with Crippen molar-refractivity contribution < 1.29 is 9.53 Å². The Kier molecular flexibility index (Phi) is 4.20. The molecule has 1 aliphatic heterocycles. The Morgan fingerprint density at radius 2 is 2.00 bits per heavy atom. The molecule has 0 aliphatic carbocycles. The topological polar surface area (TPSA) is 54.1 Å². The number of para-hydroxylation sites is 1. The maximum absolute atomic E-state index is 12.2. The molecule has 0 radical (unpaired) electrons. The molecule has 2 N–H and O–H groups in total. The van der Waals surface area contributed by atoms with Crippen LogP contribution < -0.4 is 5.32 Å². The molecule has 0 saturated heterocycles. The highest BCUT2D eigenvalue weighted by atomic mass is 35.5. The predicted molar refractivity (Wildman–Crippen MR) is 99.2 cm³/mol. The van der Waals surface area contributed by atoms with Gasteiger partial charge >= 0.3 is 5.97 Å². The molecule has 1 aliphatic rings. The fraction of sp³-hybridized carbons (Fsp3) is 0.211. The standard InChI is InChI=1S/C19H16Cl2N2O2/c1-25-19(24)16-9-13-11-4-2-3-5-15(11)22-18(13)17(23-16)12-7-6-10(20)8-14(12)21/h2-8,16-17,22-23H,9H2,1H3/t16-,17-/m1/s1. The number of fused-ring (bicyclic) bond motifs is 3. The normalized spacial score (nSPS) is 19.6. The molecule has 6 heteroatoms. The SMILES string of the molecule is COC(=O)[C@H]1Cc2c([nH]c3ccccc23)[C@@H](c2ccc(Cl)cc2Cl)N1. The van der Waals surface area contributed by atoms with Crippen LogP contribution in [-0.2, 0) is 16.0 Å². The molecule has 3 aromatic rings. The molecule has 0 amide bonds.